The van der Waals surface area contributed by atoms with Crippen molar-refractivity contribution in [1.29, 1.82) is 0 Å². The van der Waals surface area contributed by atoms with Gasteiger partial charge >= 0.3 is 0 Å². The van der Waals surface area contributed by atoms with Crippen molar-refractivity contribution in [2.24, 2.45) is 0 Å². The minimum Gasteiger partial charge on any atom is -0.494 e. The molecule has 0 saturated carbocycles. The monoisotopic (exact) mass is 431 g/mol. The second kappa shape index (κ2) is 9.59. The van der Waals surface area contributed by atoms with E-state index < -0.39 is 10.0 Å². The van der Waals surface area contributed by atoms with Crippen LogP contribution in [-0.4, -0.2) is 63.4 Å². The van der Waals surface area contributed by atoms with Gasteiger partial charge < -0.3 is 15.0 Å². The standard InChI is InChI=1S/C22H29N3O4S/c1-4-29-21-8-6-5-7-18(21)16-23-22(26)20-15-19(10-9-17(20)2)30(27,28)25-13-11-24(3)12-14-25/h5-10,15H,4,11-14,16H2,1-3H3,(H,23,26). The molecule has 1 aliphatic heterocycles. The molecule has 3 rings (SSSR count). The van der Waals surface area contributed by atoms with Crippen molar-refractivity contribution in [3.8, 4) is 5.75 Å². The number of carbonyl (C=O) groups is 1. The van der Waals surface area contributed by atoms with Crippen LogP contribution in [0.25, 0.3) is 0 Å². The molecule has 0 radical (unpaired) electrons. The van der Waals surface area contributed by atoms with Crippen LogP contribution >= 0.6 is 0 Å². The van der Waals surface area contributed by atoms with Crippen molar-refractivity contribution in [2.45, 2.75) is 25.3 Å². The molecule has 1 fully saturated rings. The quantitative estimate of drug-likeness (QED) is 0.728. The van der Waals surface area contributed by atoms with Crippen molar-refractivity contribution in [2.75, 3.05) is 39.8 Å². The van der Waals surface area contributed by atoms with Gasteiger partial charge in [-0.05, 0) is 44.7 Å². The summed E-state index contributed by atoms with van der Waals surface area (Å²) in [5.74, 6) is 0.414. The van der Waals surface area contributed by atoms with E-state index in [4.69, 9.17) is 4.74 Å². The van der Waals surface area contributed by atoms with Gasteiger partial charge in [-0.2, -0.15) is 4.31 Å². The van der Waals surface area contributed by atoms with E-state index >= 15 is 0 Å². The molecule has 0 aromatic heterocycles. The van der Waals surface area contributed by atoms with Gasteiger partial charge in [0.05, 0.1) is 11.5 Å². The van der Waals surface area contributed by atoms with E-state index in [1.54, 1.807) is 19.1 Å². The largest absolute Gasteiger partial charge is 0.494 e. The van der Waals surface area contributed by atoms with Gasteiger partial charge in [0, 0.05) is 43.9 Å². The minimum absolute atomic E-state index is 0.150. The summed E-state index contributed by atoms with van der Waals surface area (Å²) in [6.07, 6.45) is 0. The summed E-state index contributed by atoms with van der Waals surface area (Å²) in [5, 5.41) is 2.88. The highest BCUT2D eigenvalue weighted by Gasteiger charge is 2.28. The molecular formula is C22H29N3O4S. The zero-order valence-electron chi connectivity index (χ0n) is 17.7. The smallest absolute Gasteiger partial charge is 0.251 e. The van der Waals surface area contributed by atoms with Gasteiger partial charge in [-0.3, -0.25) is 4.79 Å². The van der Waals surface area contributed by atoms with Gasteiger partial charge in [-0.1, -0.05) is 24.3 Å². The van der Waals surface area contributed by atoms with Gasteiger partial charge in [0.2, 0.25) is 10.0 Å². The normalized spacial score (nSPS) is 15.7. The van der Waals surface area contributed by atoms with Gasteiger partial charge in [0.25, 0.3) is 5.91 Å². The Morgan fingerprint density at radius 2 is 1.80 bits per heavy atom. The third-order valence-electron chi connectivity index (χ3n) is 5.27. The molecule has 1 heterocycles. The molecule has 1 saturated heterocycles. The lowest BCUT2D eigenvalue weighted by atomic mass is 10.1. The van der Waals surface area contributed by atoms with Crippen LogP contribution in [0.1, 0.15) is 28.4 Å². The van der Waals surface area contributed by atoms with Crippen LogP contribution in [0.3, 0.4) is 0 Å². The highest BCUT2D eigenvalue weighted by atomic mass is 32.2. The Morgan fingerprint density at radius 3 is 2.50 bits per heavy atom. The van der Waals surface area contributed by atoms with Crippen LogP contribution in [0, 0.1) is 6.92 Å². The number of sulfonamides is 1. The summed E-state index contributed by atoms with van der Waals surface area (Å²) in [7, 11) is -1.66. The van der Waals surface area contributed by atoms with Crippen LogP contribution < -0.4 is 10.1 Å². The number of hydrogen-bond acceptors (Lipinski definition) is 5. The predicted octanol–water partition coefficient (Wildman–Crippen LogP) is 2.26. The maximum Gasteiger partial charge on any atom is 0.251 e. The van der Waals surface area contributed by atoms with Gasteiger partial charge in [-0.15, -0.1) is 0 Å². The lowest BCUT2D eigenvalue weighted by Crippen LogP contribution is -2.47. The molecule has 0 bridgehead atoms. The molecular weight excluding hydrogens is 402 g/mol. The number of piperazine rings is 1. The fraction of sp³-hybridized carbons (Fsp3) is 0.409. The molecule has 2 aromatic carbocycles. The Balaban J connectivity index is 1.77. The number of hydrogen-bond donors (Lipinski definition) is 1. The van der Waals surface area contributed by atoms with E-state index in [0.717, 1.165) is 16.9 Å². The van der Waals surface area contributed by atoms with Crippen molar-refractivity contribution >= 4 is 15.9 Å². The maximum atomic E-state index is 13.0. The molecule has 1 amide bonds. The van der Waals surface area contributed by atoms with E-state index in [1.165, 1.54) is 10.4 Å². The van der Waals surface area contributed by atoms with Gasteiger partial charge in [-0.25, -0.2) is 8.42 Å². The molecule has 30 heavy (non-hydrogen) atoms. The fourth-order valence-electron chi connectivity index (χ4n) is 3.40. The topological polar surface area (TPSA) is 78.9 Å². The van der Waals surface area contributed by atoms with Crippen molar-refractivity contribution < 1.29 is 17.9 Å². The summed E-state index contributed by atoms with van der Waals surface area (Å²) >= 11 is 0. The van der Waals surface area contributed by atoms with Crippen LogP contribution in [0.15, 0.2) is 47.4 Å². The molecule has 0 atom stereocenters. The average Bonchev–Trinajstić information content (AvgIpc) is 2.73. The molecule has 0 aliphatic carbocycles. The highest BCUT2D eigenvalue weighted by Crippen LogP contribution is 2.22. The predicted molar refractivity (Wildman–Crippen MR) is 116 cm³/mol. The first-order valence-electron chi connectivity index (χ1n) is 10.1. The van der Waals surface area contributed by atoms with Gasteiger partial charge in [0.1, 0.15) is 5.75 Å². The summed E-state index contributed by atoms with van der Waals surface area (Å²) in [6, 6.07) is 12.3. The Morgan fingerprint density at radius 1 is 1.10 bits per heavy atom. The summed E-state index contributed by atoms with van der Waals surface area (Å²) < 4.78 is 33.2. The minimum atomic E-state index is -3.63. The number of ether oxygens (including phenoxy) is 1. The number of carbonyl (C=O) groups excluding carboxylic acids is 1. The highest BCUT2D eigenvalue weighted by molar-refractivity contribution is 7.89. The van der Waals surface area contributed by atoms with E-state index in [-0.39, 0.29) is 10.8 Å². The average molecular weight is 432 g/mol. The van der Waals surface area contributed by atoms with E-state index in [9.17, 15) is 13.2 Å². The van der Waals surface area contributed by atoms with Crippen LogP contribution in [0.5, 0.6) is 5.75 Å². The lowest BCUT2D eigenvalue weighted by Gasteiger charge is -2.31. The number of rotatable bonds is 7. The number of aryl methyl sites for hydroxylation is 1. The molecule has 2 aromatic rings. The SMILES string of the molecule is CCOc1ccccc1CNC(=O)c1cc(S(=O)(=O)N2CCN(C)CC2)ccc1C. The third kappa shape index (κ3) is 5.00. The van der Waals surface area contributed by atoms with Crippen LogP contribution in [-0.2, 0) is 16.6 Å². The van der Waals surface area contributed by atoms with E-state index in [0.29, 0.717) is 44.9 Å². The van der Waals surface area contributed by atoms with Crippen LogP contribution in [0.2, 0.25) is 0 Å². The molecule has 0 spiro atoms. The fourth-order valence-corrected chi connectivity index (χ4v) is 4.85. The first-order chi connectivity index (χ1) is 14.3. The number of benzene rings is 2. The zero-order valence-corrected chi connectivity index (χ0v) is 18.5. The molecule has 162 valence electrons. The van der Waals surface area contributed by atoms with Crippen LogP contribution in [0.4, 0.5) is 0 Å². The summed E-state index contributed by atoms with van der Waals surface area (Å²) in [4.78, 5) is 15.1. The number of para-hydroxylation sites is 1. The summed E-state index contributed by atoms with van der Waals surface area (Å²) in [5.41, 5.74) is 1.95. The van der Waals surface area contributed by atoms with Crippen molar-refractivity contribution in [1.82, 2.24) is 14.5 Å². The molecule has 1 N–H and O–H groups in total. The van der Waals surface area contributed by atoms with E-state index in [1.807, 2.05) is 38.2 Å². The summed E-state index contributed by atoms with van der Waals surface area (Å²) in [6.45, 7) is 6.82. The number of likely N-dealkylation sites (N-methyl/N-ethyl adjacent to an activating group) is 1. The van der Waals surface area contributed by atoms with E-state index in [2.05, 4.69) is 10.2 Å². The lowest BCUT2D eigenvalue weighted by molar-refractivity contribution is 0.0950. The Labute approximate surface area is 178 Å². The second-order valence-electron chi connectivity index (χ2n) is 7.41. The molecule has 0 unspecified atom stereocenters. The van der Waals surface area contributed by atoms with Crippen molar-refractivity contribution in [3.63, 3.8) is 0 Å². The molecule has 1 aliphatic rings. The Kier molecular flexibility index (Phi) is 7.12. The third-order valence-corrected chi connectivity index (χ3v) is 7.16. The second-order valence-corrected chi connectivity index (χ2v) is 9.35. The zero-order chi connectivity index (χ0) is 21.7. The Bertz CT molecular complexity index is 999. The Hall–Kier alpha value is -2.42. The van der Waals surface area contributed by atoms with Crippen molar-refractivity contribution in [3.05, 3.63) is 59.2 Å². The first-order valence-corrected chi connectivity index (χ1v) is 11.5. The first kappa shape index (κ1) is 22.3. The molecule has 7 nitrogen and oxygen atoms in total. The number of amides is 1. The number of nitrogens with zero attached hydrogens (tertiary/aromatic N) is 2. The van der Waals surface area contributed by atoms with Gasteiger partial charge in [0.15, 0.2) is 0 Å². The number of nitrogens with one attached hydrogen (secondary N) is 1. The maximum absolute atomic E-state index is 13.0. The molecule has 8 heteroatoms.